The SMILES string of the molecule is C1CC1c1nc2c(s1)C1CCC2C1. The van der Waals surface area contributed by atoms with Crippen LogP contribution in [0.25, 0.3) is 0 Å². The smallest absolute Gasteiger partial charge is 0.0962 e. The Morgan fingerprint density at radius 3 is 2.54 bits per heavy atom. The lowest BCUT2D eigenvalue weighted by atomic mass is 10.0. The maximum absolute atomic E-state index is 4.85. The summed E-state index contributed by atoms with van der Waals surface area (Å²) >= 11 is 2.04. The van der Waals surface area contributed by atoms with Crippen LogP contribution in [-0.2, 0) is 0 Å². The van der Waals surface area contributed by atoms with Crippen molar-refractivity contribution < 1.29 is 0 Å². The molecule has 2 atom stereocenters. The van der Waals surface area contributed by atoms with E-state index in [0.29, 0.717) is 0 Å². The van der Waals surface area contributed by atoms with Gasteiger partial charge in [0.25, 0.3) is 0 Å². The molecule has 2 saturated carbocycles. The summed E-state index contributed by atoms with van der Waals surface area (Å²) in [5.74, 6) is 2.66. The van der Waals surface area contributed by atoms with Gasteiger partial charge in [0.15, 0.2) is 0 Å². The molecule has 1 heterocycles. The van der Waals surface area contributed by atoms with Gasteiger partial charge >= 0.3 is 0 Å². The van der Waals surface area contributed by atoms with E-state index in [1.807, 2.05) is 11.3 Å². The van der Waals surface area contributed by atoms with E-state index in [2.05, 4.69) is 0 Å². The normalized spacial score (nSPS) is 35.4. The van der Waals surface area contributed by atoms with E-state index in [1.54, 1.807) is 4.88 Å². The molecule has 0 aliphatic heterocycles. The van der Waals surface area contributed by atoms with Crippen molar-refractivity contribution in [1.29, 1.82) is 0 Å². The highest BCUT2D eigenvalue weighted by Crippen LogP contribution is 2.56. The number of fused-ring (bicyclic) bond motifs is 5. The van der Waals surface area contributed by atoms with Crippen LogP contribution in [0.4, 0.5) is 0 Å². The maximum atomic E-state index is 4.85. The van der Waals surface area contributed by atoms with Crippen LogP contribution in [0.1, 0.15) is 65.4 Å². The Bertz CT molecular complexity index is 337. The quantitative estimate of drug-likeness (QED) is 0.663. The fourth-order valence-corrected chi connectivity index (χ4v) is 4.39. The molecule has 0 aromatic carbocycles. The fraction of sp³-hybridized carbons (Fsp3) is 0.727. The molecule has 68 valence electrons. The van der Waals surface area contributed by atoms with Crippen LogP contribution < -0.4 is 0 Å². The number of thiazole rings is 1. The van der Waals surface area contributed by atoms with Gasteiger partial charge in [-0.3, -0.25) is 0 Å². The monoisotopic (exact) mass is 191 g/mol. The largest absolute Gasteiger partial charge is 0.245 e. The maximum Gasteiger partial charge on any atom is 0.0962 e. The van der Waals surface area contributed by atoms with Crippen molar-refractivity contribution in [3.05, 3.63) is 15.6 Å². The van der Waals surface area contributed by atoms with E-state index in [4.69, 9.17) is 4.98 Å². The molecule has 1 aromatic heterocycles. The highest BCUT2D eigenvalue weighted by molar-refractivity contribution is 7.12. The second kappa shape index (κ2) is 2.17. The number of hydrogen-bond donors (Lipinski definition) is 0. The second-order valence-electron chi connectivity index (χ2n) is 4.78. The summed E-state index contributed by atoms with van der Waals surface area (Å²) in [6.45, 7) is 0. The Hall–Kier alpha value is -0.370. The lowest BCUT2D eigenvalue weighted by molar-refractivity contribution is 0.705. The summed E-state index contributed by atoms with van der Waals surface area (Å²) in [7, 11) is 0. The molecule has 13 heavy (non-hydrogen) atoms. The summed E-state index contributed by atoms with van der Waals surface area (Å²) in [6, 6.07) is 0. The van der Waals surface area contributed by atoms with Gasteiger partial charge in [0.1, 0.15) is 0 Å². The zero-order valence-electron chi connectivity index (χ0n) is 7.62. The van der Waals surface area contributed by atoms with Crippen molar-refractivity contribution in [2.24, 2.45) is 0 Å². The van der Waals surface area contributed by atoms with E-state index in [0.717, 1.165) is 17.8 Å². The highest BCUT2D eigenvalue weighted by Gasteiger charge is 2.41. The minimum atomic E-state index is 0.865. The van der Waals surface area contributed by atoms with Gasteiger partial charge in [0.05, 0.1) is 10.7 Å². The molecule has 1 aromatic rings. The molecule has 3 aliphatic carbocycles. The topological polar surface area (TPSA) is 12.9 Å². The minimum Gasteiger partial charge on any atom is -0.245 e. The van der Waals surface area contributed by atoms with Crippen molar-refractivity contribution in [2.45, 2.75) is 49.9 Å². The molecule has 2 bridgehead atoms. The Morgan fingerprint density at radius 2 is 1.77 bits per heavy atom. The number of hydrogen-bond acceptors (Lipinski definition) is 2. The van der Waals surface area contributed by atoms with Gasteiger partial charge in [-0.1, -0.05) is 0 Å². The molecule has 0 spiro atoms. The van der Waals surface area contributed by atoms with Crippen molar-refractivity contribution in [1.82, 2.24) is 4.98 Å². The van der Waals surface area contributed by atoms with Gasteiger partial charge in [-0.05, 0) is 38.0 Å². The van der Waals surface area contributed by atoms with E-state index in [1.165, 1.54) is 42.8 Å². The molecular formula is C11H13NS. The van der Waals surface area contributed by atoms with Crippen molar-refractivity contribution in [3.8, 4) is 0 Å². The first-order valence-electron chi connectivity index (χ1n) is 5.42. The zero-order chi connectivity index (χ0) is 8.41. The Kier molecular flexibility index (Phi) is 1.17. The van der Waals surface area contributed by atoms with Gasteiger partial charge in [0, 0.05) is 16.7 Å². The van der Waals surface area contributed by atoms with Gasteiger partial charge < -0.3 is 0 Å². The molecule has 0 radical (unpaired) electrons. The summed E-state index contributed by atoms with van der Waals surface area (Å²) in [5, 5.41) is 1.47. The van der Waals surface area contributed by atoms with E-state index in [-0.39, 0.29) is 0 Å². The first kappa shape index (κ1) is 6.99. The molecular weight excluding hydrogens is 178 g/mol. The van der Waals surface area contributed by atoms with Gasteiger partial charge in [-0.15, -0.1) is 11.3 Å². The van der Waals surface area contributed by atoms with Gasteiger partial charge in [0.2, 0.25) is 0 Å². The first-order chi connectivity index (χ1) is 6.42. The zero-order valence-corrected chi connectivity index (χ0v) is 8.44. The molecule has 3 aliphatic rings. The van der Waals surface area contributed by atoms with Crippen LogP contribution in [0.3, 0.4) is 0 Å². The van der Waals surface area contributed by atoms with Gasteiger partial charge in [-0.25, -0.2) is 4.98 Å². The molecule has 0 amide bonds. The van der Waals surface area contributed by atoms with Crippen molar-refractivity contribution in [3.63, 3.8) is 0 Å². The van der Waals surface area contributed by atoms with Crippen LogP contribution in [0.5, 0.6) is 0 Å². The first-order valence-corrected chi connectivity index (χ1v) is 6.24. The van der Waals surface area contributed by atoms with E-state index < -0.39 is 0 Å². The summed E-state index contributed by atoms with van der Waals surface area (Å²) in [5.41, 5.74) is 1.52. The average molecular weight is 191 g/mol. The second-order valence-corrected chi connectivity index (χ2v) is 5.84. The Morgan fingerprint density at radius 1 is 1.00 bits per heavy atom. The Labute approximate surface area is 82.2 Å². The highest BCUT2D eigenvalue weighted by atomic mass is 32.1. The Balaban J connectivity index is 1.84. The predicted molar refractivity (Wildman–Crippen MR) is 53.4 cm³/mol. The van der Waals surface area contributed by atoms with Crippen LogP contribution in [-0.4, -0.2) is 4.98 Å². The van der Waals surface area contributed by atoms with Crippen molar-refractivity contribution in [2.75, 3.05) is 0 Å². The fourth-order valence-electron chi connectivity index (χ4n) is 2.92. The standard InChI is InChI=1S/C11H13NS/c1-2-6(1)11-12-9-7-3-4-8(5-7)10(9)13-11/h6-8H,1-5H2. The minimum absolute atomic E-state index is 0.865. The molecule has 4 rings (SSSR count). The summed E-state index contributed by atoms with van der Waals surface area (Å²) < 4.78 is 0. The number of aromatic nitrogens is 1. The van der Waals surface area contributed by atoms with Crippen molar-refractivity contribution >= 4 is 11.3 Å². The van der Waals surface area contributed by atoms with Gasteiger partial charge in [-0.2, -0.15) is 0 Å². The molecule has 2 fully saturated rings. The molecule has 2 heteroatoms. The third kappa shape index (κ3) is 0.850. The molecule has 0 saturated heterocycles. The lowest BCUT2D eigenvalue weighted by Crippen LogP contribution is -1.94. The number of rotatable bonds is 1. The summed E-state index contributed by atoms with van der Waals surface area (Å²) in [4.78, 5) is 6.53. The lowest BCUT2D eigenvalue weighted by Gasteiger charge is -2.06. The molecule has 2 unspecified atom stereocenters. The average Bonchev–Trinajstić information content (AvgIpc) is 2.66. The predicted octanol–water partition coefficient (Wildman–Crippen LogP) is 3.39. The van der Waals surface area contributed by atoms with E-state index in [9.17, 15) is 0 Å². The molecule has 0 N–H and O–H groups in total. The van der Waals surface area contributed by atoms with Crippen LogP contribution >= 0.6 is 11.3 Å². The third-order valence-electron chi connectivity index (χ3n) is 3.81. The summed E-state index contributed by atoms with van der Waals surface area (Å²) in [6.07, 6.45) is 7.11. The van der Waals surface area contributed by atoms with Crippen LogP contribution in [0, 0.1) is 0 Å². The molecule has 1 nitrogen and oxygen atoms in total. The third-order valence-corrected chi connectivity index (χ3v) is 5.21. The van der Waals surface area contributed by atoms with E-state index >= 15 is 0 Å². The van der Waals surface area contributed by atoms with Crippen LogP contribution in [0.2, 0.25) is 0 Å². The number of nitrogens with zero attached hydrogens (tertiary/aromatic N) is 1. The van der Waals surface area contributed by atoms with Crippen LogP contribution in [0.15, 0.2) is 0 Å².